The molecule has 5 rings (SSSR count). The van der Waals surface area contributed by atoms with E-state index in [-0.39, 0.29) is 11.7 Å². The first-order valence-corrected chi connectivity index (χ1v) is 12.4. The average molecular weight is 480 g/mol. The maximum Gasteiger partial charge on any atom is 0.234 e. The summed E-state index contributed by atoms with van der Waals surface area (Å²) in [6.07, 6.45) is 0. The van der Waals surface area contributed by atoms with Crippen molar-refractivity contribution in [2.24, 2.45) is 0 Å². The molecule has 0 aliphatic rings. The smallest absolute Gasteiger partial charge is 0.234 e. The molecule has 0 spiro atoms. The quantitative estimate of drug-likeness (QED) is 0.264. The average Bonchev–Trinajstić information content (AvgIpc) is 3.31. The van der Waals surface area contributed by atoms with Gasteiger partial charge >= 0.3 is 0 Å². The van der Waals surface area contributed by atoms with Crippen LogP contribution in [0.2, 0.25) is 0 Å². The van der Waals surface area contributed by atoms with Crippen molar-refractivity contribution in [2.75, 3.05) is 16.4 Å². The molecule has 1 heterocycles. The van der Waals surface area contributed by atoms with Gasteiger partial charge in [0.1, 0.15) is 0 Å². The highest BCUT2D eigenvalue weighted by Gasteiger charge is 2.16. The normalized spacial score (nSPS) is 10.9. The maximum absolute atomic E-state index is 12.8. The minimum Gasteiger partial charge on any atom is -0.378 e. The summed E-state index contributed by atoms with van der Waals surface area (Å²) < 4.78 is 2.00. The van der Waals surface area contributed by atoms with Gasteiger partial charge in [0.25, 0.3) is 0 Å². The Morgan fingerprint density at radius 3 is 2.43 bits per heavy atom. The maximum atomic E-state index is 12.8. The first kappa shape index (κ1) is 22.7. The number of nitrogens with zero attached hydrogens (tertiary/aromatic N) is 3. The van der Waals surface area contributed by atoms with Gasteiger partial charge in [0.15, 0.2) is 11.0 Å². The lowest BCUT2D eigenvalue weighted by Gasteiger charge is -2.12. The number of carbonyl (C=O) groups excluding carboxylic acids is 1. The number of para-hydroxylation sites is 1. The minimum atomic E-state index is -0.0895. The Bertz CT molecular complexity index is 1440. The van der Waals surface area contributed by atoms with E-state index < -0.39 is 0 Å². The van der Waals surface area contributed by atoms with Crippen LogP contribution >= 0.6 is 11.8 Å². The predicted molar refractivity (Wildman–Crippen MR) is 143 cm³/mol. The van der Waals surface area contributed by atoms with E-state index in [1.54, 1.807) is 0 Å². The number of thioether (sulfide) groups is 1. The van der Waals surface area contributed by atoms with Crippen LogP contribution in [0.5, 0.6) is 0 Å². The molecule has 174 valence electrons. The minimum absolute atomic E-state index is 0.0895. The number of fused-ring (bicyclic) bond motifs is 1. The van der Waals surface area contributed by atoms with Crippen LogP contribution in [0, 0.1) is 6.92 Å². The fourth-order valence-electron chi connectivity index (χ4n) is 3.85. The molecule has 0 aliphatic heterocycles. The van der Waals surface area contributed by atoms with E-state index in [0.717, 1.165) is 33.7 Å². The fraction of sp³-hybridized carbons (Fsp3) is 0.107. The van der Waals surface area contributed by atoms with Crippen molar-refractivity contribution >= 4 is 39.8 Å². The molecular formula is C28H25N5OS. The lowest BCUT2D eigenvalue weighted by molar-refractivity contribution is -0.113. The van der Waals surface area contributed by atoms with Gasteiger partial charge in [-0.05, 0) is 42.6 Å². The van der Waals surface area contributed by atoms with E-state index in [9.17, 15) is 4.79 Å². The lowest BCUT2D eigenvalue weighted by Crippen LogP contribution is -2.15. The highest BCUT2D eigenvalue weighted by molar-refractivity contribution is 7.99. The number of amides is 1. The number of aromatic nitrogens is 3. The molecule has 1 amide bonds. The van der Waals surface area contributed by atoms with E-state index in [0.29, 0.717) is 11.7 Å². The van der Waals surface area contributed by atoms with Crippen molar-refractivity contribution in [1.29, 1.82) is 0 Å². The molecule has 0 saturated heterocycles. The molecule has 0 aliphatic carbocycles. The fourth-order valence-corrected chi connectivity index (χ4v) is 4.62. The second-order valence-corrected chi connectivity index (χ2v) is 9.10. The zero-order valence-corrected chi connectivity index (χ0v) is 20.1. The van der Waals surface area contributed by atoms with Crippen molar-refractivity contribution in [1.82, 2.24) is 14.8 Å². The molecule has 0 saturated carbocycles. The third kappa shape index (κ3) is 5.36. The monoisotopic (exact) mass is 479 g/mol. The van der Waals surface area contributed by atoms with Gasteiger partial charge in [0.05, 0.1) is 12.3 Å². The number of nitrogens with one attached hydrogen (secondary N) is 2. The van der Waals surface area contributed by atoms with Crippen molar-refractivity contribution in [3.8, 4) is 5.69 Å². The van der Waals surface area contributed by atoms with E-state index in [4.69, 9.17) is 0 Å². The summed E-state index contributed by atoms with van der Waals surface area (Å²) in [5.41, 5.74) is 3.99. The van der Waals surface area contributed by atoms with Gasteiger partial charge in [-0.25, -0.2) is 0 Å². The summed E-state index contributed by atoms with van der Waals surface area (Å²) in [7, 11) is 0. The Hall–Kier alpha value is -4.10. The standard InChI is InChI=1S/C28H25N5OS/c1-20-14-16-22(17-15-20)29-18-26-31-32-28(33(26)23-10-3-2-4-11-23)35-19-27(34)30-25-13-7-9-21-8-5-6-12-24(21)25/h2-17,29H,18-19H2,1H3,(H,30,34). The first-order chi connectivity index (χ1) is 17.2. The van der Waals surface area contributed by atoms with Crippen molar-refractivity contribution in [3.05, 3.63) is 108 Å². The van der Waals surface area contributed by atoms with Crippen LogP contribution in [-0.4, -0.2) is 26.4 Å². The number of carbonyl (C=O) groups is 1. The second kappa shape index (κ2) is 10.4. The SMILES string of the molecule is Cc1ccc(NCc2nnc(SCC(=O)Nc3cccc4ccccc34)n2-c2ccccc2)cc1. The molecule has 5 aromatic rings. The third-order valence-electron chi connectivity index (χ3n) is 5.61. The third-order valence-corrected chi connectivity index (χ3v) is 6.54. The van der Waals surface area contributed by atoms with E-state index >= 15 is 0 Å². The Kier molecular flexibility index (Phi) is 6.77. The molecule has 4 aromatic carbocycles. The molecular weight excluding hydrogens is 454 g/mol. The molecule has 0 atom stereocenters. The van der Waals surface area contributed by atoms with Crippen LogP contribution in [0.4, 0.5) is 11.4 Å². The summed E-state index contributed by atoms with van der Waals surface area (Å²) in [5, 5.41) is 18.1. The molecule has 0 radical (unpaired) electrons. The van der Waals surface area contributed by atoms with Gasteiger partial charge in [-0.1, -0.05) is 84.1 Å². The lowest BCUT2D eigenvalue weighted by atomic mass is 10.1. The molecule has 0 bridgehead atoms. The van der Waals surface area contributed by atoms with Crippen molar-refractivity contribution in [2.45, 2.75) is 18.6 Å². The van der Waals surface area contributed by atoms with Gasteiger partial charge in [-0.3, -0.25) is 9.36 Å². The van der Waals surface area contributed by atoms with Gasteiger partial charge in [-0.2, -0.15) is 0 Å². The van der Waals surface area contributed by atoms with E-state index in [1.165, 1.54) is 17.3 Å². The predicted octanol–water partition coefficient (Wildman–Crippen LogP) is 6.07. The molecule has 7 heteroatoms. The molecule has 1 aromatic heterocycles. The van der Waals surface area contributed by atoms with Gasteiger partial charge in [0.2, 0.25) is 5.91 Å². The highest BCUT2D eigenvalue weighted by atomic mass is 32.2. The van der Waals surface area contributed by atoms with Crippen LogP contribution in [0.3, 0.4) is 0 Å². The van der Waals surface area contributed by atoms with Crippen LogP contribution < -0.4 is 10.6 Å². The highest BCUT2D eigenvalue weighted by Crippen LogP contribution is 2.25. The number of anilines is 2. The Balaban J connectivity index is 1.32. The summed E-state index contributed by atoms with van der Waals surface area (Å²) in [6, 6.07) is 32.1. The number of hydrogen-bond donors (Lipinski definition) is 2. The van der Waals surface area contributed by atoms with Gasteiger partial charge < -0.3 is 10.6 Å². The van der Waals surface area contributed by atoms with Crippen molar-refractivity contribution < 1.29 is 4.79 Å². The molecule has 35 heavy (non-hydrogen) atoms. The van der Waals surface area contributed by atoms with Crippen LogP contribution in [0.15, 0.2) is 102 Å². The zero-order chi connectivity index (χ0) is 24.0. The molecule has 0 unspecified atom stereocenters. The summed E-state index contributed by atoms with van der Waals surface area (Å²) in [6.45, 7) is 2.57. The Morgan fingerprint density at radius 2 is 1.60 bits per heavy atom. The van der Waals surface area contributed by atoms with Crippen LogP contribution in [0.25, 0.3) is 16.5 Å². The summed E-state index contributed by atoms with van der Waals surface area (Å²) in [5.74, 6) is 0.904. The van der Waals surface area contributed by atoms with Gasteiger partial charge in [-0.15, -0.1) is 10.2 Å². The number of hydrogen-bond acceptors (Lipinski definition) is 5. The number of aryl methyl sites for hydroxylation is 1. The summed E-state index contributed by atoms with van der Waals surface area (Å²) in [4.78, 5) is 12.8. The topological polar surface area (TPSA) is 71.8 Å². The molecule has 0 fully saturated rings. The number of benzene rings is 4. The van der Waals surface area contributed by atoms with E-state index in [1.807, 2.05) is 89.5 Å². The van der Waals surface area contributed by atoms with Gasteiger partial charge in [0, 0.05) is 22.4 Å². The van der Waals surface area contributed by atoms with Crippen molar-refractivity contribution in [3.63, 3.8) is 0 Å². The Morgan fingerprint density at radius 1 is 0.857 bits per heavy atom. The second-order valence-electron chi connectivity index (χ2n) is 8.15. The molecule has 2 N–H and O–H groups in total. The summed E-state index contributed by atoms with van der Waals surface area (Å²) >= 11 is 1.37. The molecule has 6 nitrogen and oxygen atoms in total. The van der Waals surface area contributed by atoms with E-state index in [2.05, 4.69) is 39.9 Å². The first-order valence-electron chi connectivity index (χ1n) is 11.4. The van der Waals surface area contributed by atoms with Crippen LogP contribution in [-0.2, 0) is 11.3 Å². The Labute approximate surface area is 208 Å². The largest absolute Gasteiger partial charge is 0.378 e. The van der Waals surface area contributed by atoms with Crippen LogP contribution in [0.1, 0.15) is 11.4 Å². The number of rotatable bonds is 8. The zero-order valence-electron chi connectivity index (χ0n) is 19.3.